The lowest BCUT2D eigenvalue weighted by atomic mass is 9.84. The molecule has 0 saturated heterocycles. The lowest BCUT2D eigenvalue weighted by Gasteiger charge is -2.28. The summed E-state index contributed by atoms with van der Waals surface area (Å²) < 4.78 is 1.84. The normalized spacial score (nSPS) is 25.9. The predicted octanol–water partition coefficient (Wildman–Crippen LogP) is 1.87. The van der Waals surface area contributed by atoms with E-state index in [2.05, 4.69) is 22.3 Å². The smallest absolute Gasteiger partial charge is 0.140 e. The summed E-state index contributed by atoms with van der Waals surface area (Å²) in [6.45, 7) is 3.15. The number of nitrogens with zero attached hydrogens (tertiary/aromatic N) is 3. The highest BCUT2D eigenvalue weighted by Crippen LogP contribution is 2.26. The van der Waals surface area contributed by atoms with E-state index in [0.717, 1.165) is 18.3 Å². The van der Waals surface area contributed by atoms with Gasteiger partial charge in [-0.1, -0.05) is 13.3 Å². The van der Waals surface area contributed by atoms with Crippen LogP contribution in [0.15, 0.2) is 6.33 Å². The standard InChI is InChI=1S/C12H22N4/c1-3-10-4-6-11(7-5-10)13-8-12-14-9-15-16(12)2/h9-11,13H,3-8H2,1-2H3. The maximum absolute atomic E-state index is 4.22. The van der Waals surface area contributed by atoms with Gasteiger partial charge in [-0.15, -0.1) is 0 Å². The largest absolute Gasteiger partial charge is 0.307 e. The average molecular weight is 222 g/mol. The first kappa shape index (κ1) is 11.6. The Morgan fingerprint density at radius 1 is 1.38 bits per heavy atom. The van der Waals surface area contributed by atoms with Crippen molar-refractivity contribution in [2.45, 2.75) is 51.6 Å². The van der Waals surface area contributed by atoms with Crippen LogP contribution in [0.5, 0.6) is 0 Å². The van der Waals surface area contributed by atoms with Crippen molar-refractivity contribution < 1.29 is 0 Å². The van der Waals surface area contributed by atoms with Gasteiger partial charge in [-0.2, -0.15) is 5.10 Å². The highest BCUT2D eigenvalue weighted by molar-refractivity contribution is 4.85. The van der Waals surface area contributed by atoms with Crippen LogP contribution >= 0.6 is 0 Å². The zero-order chi connectivity index (χ0) is 11.4. The van der Waals surface area contributed by atoms with Gasteiger partial charge in [0.25, 0.3) is 0 Å². The van der Waals surface area contributed by atoms with Crippen molar-refractivity contribution >= 4 is 0 Å². The molecule has 0 bridgehead atoms. The van der Waals surface area contributed by atoms with Gasteiger partial charge in [-0.25, -0.2) is 4.98 Å². The molecule has 1 aliphatic rings. The van der Waals surface area contributed by atoms with Gasteiger partial charge < -0.3 is 5.32 Å². The van der Waals surface area contributed by atoms with Crippen LogP contribution in [0, 0.1) is 5.92 Å². The molecule has 16 heavy (non-hydrogen) atoms. The van der Waals surface area contributed by atoms with Crippen LogP contribution in [-0.2, 0) is 13.6 Å². The van der Waals surface area contributed by atoms with Crippen molar-refractivity contribution in [2.75, 3.05) is 0 Å². The van der Waals surface area contributed by atoms with E-state index >= 15 is 0 Å². The summed E-state index contributed by atoms with van der Waals surface area (Å²) in [5.74, 6) is 1.99. The fourth-order valence-electron chi connectivity index (χ4n) is 2.49. The molecule has 0 spiro atoms. The molecule has 1 saturated carbocycles. The fraction of sp³-hybridized carbons (Fsp3) is 0.833. The van der Waals surface area contributed by atoms with Gasteiger partial charge in [0.1, 0.15) is 12.2 Å². The lowest BCUT2D eigenvalue weighted by Crippen LogP contribution is -2.33. The van der Waals surface area contributed by atoms with Crippen molar-refractivity contribution in [1.82, 2.24) is 20.1 Å². The van der Waals surface area contributed by atoms with Gasteiger partial charge in [0, 0.05) is 13.1 Å². The molecule has 0 aromatic carbocycles. The van der Waals surface area contributed by atoms with Crippen LogP contribution in [0.4, 0.5) is 0 Å². The van der Waals surface area contributed by atoms with Crippen molar-refractivity contribution in [3.8, 4) is 0 Å². The van der Waals surface area contributed by atoms with Crippen molar-refractivity contribution in [3.05, 3.63) is 12.2 Å². The van der Waals surface area contributed by atoms with E-state index in [9.17, 15) is 0 Å². The Morgan fingerprint density at radius 2 is 2.12 bits per heavy atom. The number of nitrogens with one attached hydrogen (secondary N) is 1. The zero-order valence-electron chi connectivity index (χ0n) is 10.3. The van der Waals surface area contributed by atoms with Crippen LogP contribution in [0.2, 0.25) is 0 Å². The molecule has 0 atom stereocenters. The molecule has 4 heteroatoms. The Hall–Kier alpha value is -0.900. The second-order valence-corrected chi connectivity index (χ2v) is 4.81. The third-order valence-electron chi connectivity index (χ3n) is 3.78. The van der Waals surface area contributed by atoms with Crippen molar-refractivity contribution in [3.63, 3.8) is 0 Å². The van der Waals surface area contributed by atoms with Gasteiger partial charge in [0.15, 0.2) is 0 Å². The van der Waals surface area contributed by atoms with E-state index in [1.165, 1.54) is 32.1 Å². The summed E-state index contributed by atoms with van der Waals surface area (Å²) in [5, 5.41) is 7.66. The first-order valence-electron chi connectivity index (χ1n) is 6.35. The first-order chi connectivity index (χ1) is 7.79. The molecule has 1 aliphatic carbocycles. The summed E-state index contributed by atoms with van der Waals surface area (Å²) >= 11 is 0. The molecule has 0 amide bonds. The maximum Gasteiger partial charge on any atom is 0.140 e. The maximum atomic E-state index is 4.22. The fourth-order valence-corrected chi connectivity index (χ4v) is 2.49. The van der Waals surface area contributed by atoms with Crippen LogP contribution < -0.4 is 5.32 Å². The molecule has 1 aromatic rings. The average Bonchev–Trinajstić information content (AvgIpc) is 2.73. The first-order valence-corrected chi connectivity index (χ1v) is 6.35. The van der Waals surface area contributed by atoms with Gasteiger partial charge in [-0.05, 0) is 31.6 Å². The second kappa shape index (κ2) is 5.43. The molecule has 90 valence electrons. The Bertz CT molecular complexity index is 313. The topological polar surface area (TPSA) is 42.7 Å². The minimum atomic E-state index is 0.680. The minimum Gasteiger partial charge on any atom is -0.307 e. The molecule has 4 nitrogen and oxygen atoms in total. The van der Waals surface area contributed by atoms with E-state index in [0.29, 0.717) is 6.04 Å². The number of aromatic nitrogens is 3. The summed E-state index contributed by atoms with van der Waals surface area (Å²) in [4.78, 5) is 4.22. The number of hydrogen-bond donors (Lipinski definition) is 1. The molecule has 1 aromatic heterocycles. The molecule has 1 N–H and O–H groups in total. The molecule has 2 rings (SSSR count). The molecule has 1 fully saturated rings. The SMILES string of the molecule is CCC1CCC(NCc2ncnn2C)CC1. The lowest BCUT2D eigenvalue weighted by molar-refractivity contribution is 0.283. The highest BCUT2D eigenvalue weighted by Gasteiger charge is 2.19. The van der Waals surface area contributed by atoms with Gasteiger partial charge in [0.2, 0.25) is 0 Å². The van der Waals surface area contributed by atoms with E-state index in [-0.39, 0.29) is 0 Å². The third-order valence-corrected chi connectivity index (χ3v) is 3.78. The van der Waals surface area contributed by atoms with E-state index in [4.69, 9.17) is 0 Å². The Labute approximate surface area is 97.5 Å². The van der Waals surface area contributed by atoms with Crippen molar-refractivity contribution in [1.29, 1.82) is 0 Å². The van der Waals surface area contributed by atoms with E-state index in [1.54, 1.807) is 6.33 Å². The van der Waals surface area contributed by atoms with Gasteiger partial charge in [-0.3, -0.25) is 4.68 Å². The van der Waals surface area contributed by atoms with E-state index < -0.39 is 0 Å². The Kier molecular flexibility index (Phi) is 3.93. The van der Waals surface area contributed by atoms with Crippen LogP contribution in [0.3, 0.4) is 0 Å². The van der Waals surface area contributed by atoms with Crippen molar-refractivity contribution in [2.24, 2.45) is 13.0 Å². The Balaban J connectivity index is 1.73. The van der Waals surface area contributed by atoms with Crippen LogP contribution in [-0.4, -0.2) is 20.8 Å². The number of hydrogen-bond acceptors (Lipinski definition) is 3. The zero-order valence-corrected chi connectivity index (χ0v) is 10.3. The summed E-state index contributed by atoms with van der Waals surface area (Å²) in [7, 11) is 1.94. The molecule has 0 unspecified atom stereocenters. The molecule has 0 aliphatic heterocycles. The molecular formula is C12H22N4. The van der Waals surface area contributed by atoms with E-state index in [1.807, 2.05) is 11.7 Å². The van der Waals surface area contributed by atoms with Crippen LogP contribution in [0.25, 0.3) is 0 Å². The number of rotatable bonds is 4. The highest BCUT2D eigenvalue weighted by atomic mass is 15.3. The summed E-state index contributed by atoms with van der Waals surface area (Å²) in [5.41, 5.74) is 0. The predicted molar refractivity (Wildman–Crippen MR) is 63.9 cm³/mol. The Morgan fingerprint density at radius 3 is 2.69 bits per heavy atom. The minimum absolute atomic E-state index is 0.680. The molecule has 1 heterocycles. The quantitative estimate of drug-likeness (QED) is 0.845. The van der Waals surface area contributed by atoms with Crippen LogP contribution in [0.1, 0.15) is 44.9 Å². The monoisotopic (exact) mass is 222 g/mol. The molecule has 0 radical (unpaired) electrons. The number of aryl methyl sites for hydroxylation is 1. The summed E-state index contributed by atoms with van der Waals surface area (Å²) in [6.07, 6.45) is 8.35. The molecular weight excluding hydrogens is 200 g/mol. The van der Waals surface area contributed by atoms with Gasteiger partial charge in [0.05, 0.1) is 6.54 Å². The summed E-state index contributed by atoms with van der Waals surface area (Å²) in [6, 6.07) is 0.680. The second-order valence-electron chi connectivity index (χ2n) is 4.81. The third kappa shape index (κ3) is 2.82. The van der Waals surface area contributed by atoms with Gasteiger partial charge >= 0.3 is 0 Å².